The SMILES string of the molecule is N[C@@H]1C[C@H](O)[C@@H](N2CCOCC2)[C@@H]1O. The fourth-order valence-corrected chi connectivity index (χ4v) is 2.37. The Balaban J connectivity index is 2.00. The predicted molar refractivity (Wildman–Crippen MR) is 50.8 cm³/mol. The standard InChI is InChI=1S/C9H18N2O3/c10-6-5-7(12)8(9(6)13)11-1-3-14-4-2-11/h6-9,12-13H,1-5,10H2/t6-,7+,8-,9-/m1/s1. The van der Waals surface area contributed by atoms with E-state index in [2.05, 4.69) is 4.90 Å². The molecule has 0 radical (unpaired) electrons. The van der Waals surface area contributed by atoms with Crippen molar-refractivity contribution in [1.82, 2.24) is 4.90 Å². The molecule has 5 nitrogen and oxygen atoms in total. The van der Waals surface area contributed by atoms with Crippen molar-refractivity contribution < 1.29 is 14.9 Å². The van der Waals surface area contributed by atoms with E-state index in [0.717, 1.165) is 13.1 Å². The third-order valence-corrected chi connectivity index (χ3v) is 3.16. The maximum Gasteiger partial charge on any atom is 0.0872 e. The molecule has 0 aromatic rings. The smallest absolute Gasteiger partial charge is 0.0872 e. The Morgan fingerprint density at radius 2 is 1.86 bits per heavy atom. The molecule has 2 fully saturated rings. The zero-order valence-corrected chi connectivity index (χ0v) is 8.17. The molecule has 1 aliphatic heterocycles. The lowest BCUT2D eigenvalue weighted by Gasteiger charge is -2.35. The van der Waals surface area contributed by atoms with Crippen LogP contribution in [0.5, 0.6) is 0 Å². The van der Waals surface area contributed by atoms with Crippen LogP contribution in [0.4, 0.5) is 0 Å². The molecule has 2 rings (SSSR count). The van der Waals surface area contributed by atoms with Gasteiger partial charge >= 0.3 is 0 Å². The predicted octanol–water partition coefficient (Wildman–Crippen LogP) is -1.86. The highest BCUT2D eigenvalue weighted by Gasteiger charge is 2.43. The van der Waals surface area contributed by atoms with Crippen LogP contribution >= 0.6 is 0 Å². The van der Waals surface area contributed by atoms with E-state index in [0.29, 0.717) is 19.6 Å². The van der Waals surface area contributed by atoms with Gasteiger partial charge in [-0.3, -0.25) is 4.90 Å². The number of rotatable bonds is 1. The van der Waals surface area contributed by atoms with Crippen molar-refractivity contribution in [2.75, 3.05) is 26.3 Å². The first-order chi connectivity index (χ1) is 6.70. The average Bonchev–Trinajstić information content (AvgIpc) is 2.43. The van der Waals surface area contributed by atoms with Crippen LogP contribution in [0.1, 0.15) is 6.42 Å². The van der Waals surface area contributed by atoms with Crippen LogP contribution in [0.3, 0.4) is 0 Å². The van der Waals surface area contributed by atoms with Crippen LogP contribution < -0.4 is 5.73 Å². The Labute approximate surface area is 83.4 Å². The quantitative estimate of drug-likeness (QED) is 0.465. The van der Waals surface area contributed by atoms with Gasteiger partial charge in [-0.1, -0.05) is 0 Å². The monoisotopic (exact) mass is 202 g/mol. The Morgan fingerprint density at radius 3 is 2.36 bits per heavy atom. The number of nitrogens with zero attached hydrogens (tertiary/aromatic N) is 1. The van der Waals surface area contributed by atoms with Crippen molar-refractivity contribution in [2.45, 2.75) is 30.7 Å². The highest BCUT2D eigenvalue weighted by Crippen LogP contribution is 2.24. The maximum absolute atomic E-state index is 9.81. The van der Waals surface area contributed by atoms with Gasteiger partial charge in [0.2, 0.25) is 0 Å². The van der Waals surface area contributed by atoms with Gasteiger partial charge in [0, 0.05) is 19.1 Å². The first kappa shape index (κ1) is 10.3. The molecular formula is C9H18N2O3. The van der Waals surface area contributed by atoms with Crippen molar-refractivity contribution in [1.29, 1.82) is 0 Å². The summed E-state index contributed by atoms with van der Waals surface area (Å²) < 4.78 is 5.22. The van der Waals surface area contributed by atoms with E-state index in [9.17, 15) is 10.2 Å². The fraction of sp³-hybridized carbons (Fsp3) is 1.00. The van der Waals surface area contributed by atoms with Gasteiger partial charge < -0.3 is 20.7 Å². The summed E-state index contributed by atoms with van der Waals surface area (Å²) >= 11 is 0. The second-order valence-corrected chi connectivity index (χ2v) is 4.10. The summed E-state index contributed by atoms with van der Waals surface area (Å²) in [5.74, 6) is 0. The minimum absolute atomic E-state index is 0.200. The van der Waals surface area contributed by atoms with E-state index in [1.807, 2.05) is 0 Å². The van der Waals surface area contributed by atoms with Crippen molar-refractivity contribution in [3.63, 3.8) is 0 Å². The van der Waals surface area contributed by atoms with E-state index in [1.54, 1.807) is 0 Å². The molecule has 5 heteroatoms. The minimum Gasteiger partial charge on any atom is -0.391 e. The van der Waals surface area contributed by atoms with Gasteiger partial charge in [-0.2, -0.15) is 0 Å². The Morgan fingerprint density at radius 1 is 1.21 bits per heavy atom. The summed E-state index contributed by atoms with van der Waals surface area (Å²) in [7, 11) is 0. The molecule has 0 aromatic heterocycles. The molecule has 4 atom stereocenters. The van der Waals surface area contributed by atoms with E-state index in [-0.39, 0.29) is 12.1 Å². The summed E-state index contributed by atoms with van der Waals surface area (Å²) in [4.78, 5) is 2.08. The van der Waals surface area contributed by atoms with Crippen LogP contribution in [0.2, 0.25) is 0 Å². The third kappa shape index (κ3) is 1.78. The number of nitrogens with two attached hydrogens (primary N) is 1. The van der Waals surface area contributed by atoms with Gasteiger partial charge in [-0.15, -0.1) is 0 Å². The van der Waals surface area contributed by atoms with E-state index in [1.165, 1.54) is 0 Å². The Bertz CT molecular complexity index is 196. The van der Waals surface area contributed by atoms with Crippen molar-refractivity contribution in [3.05, 3.63) is 0 Å². The number of hydrogen-bond acceptors (Lipinski definition) is 5. The van der Waals surface area contributed by atoms with Crippen LogP contribution in [0.15, 0.2) is 0 Å². The largest absolute Gasteiger partial charge is 0.391 e. The molecule has 4 N–H and O–H groups in total. The van der Waals surface area contributed by atoms with Crippen molar-refractivity contribution in [2.24, 2.45) is 5.73 Å². The van der Waals surface area contributed by atoms with Crippen LogP contribution in [0, 0.1) is 0 Å². The molecular weight excluding hydrogens is 184 g/mol. The lowest BCUT2D eigenvalue weighted by Crippen LogP contribution is -2.52. The molecule has 82 valence electrons. The van der Waals surface area contributed by atoms with Gasteiger partial charge in [-0.25, -0.2) is 0 Å². The van der Waals surface area contributed by atoms with Crippen LogP contribution in [-0.2, 0) is 4.74 Å². The second kappa shape index (κ2) is 4.12. The highest BCUT2D eigenvalue weighted by molar-refractivity contribution is 4.99. The van der Waals surface area contributed by atoms with Crippen LogP contribution in [0.25, 0.3) is 0 Å². The number of aliphatic hydroxyl groups is 2. The van der Waals surface area contributed by atoms with Gasteiger partial charge in [0.15, 0.2) is 0 Å². The summed E-state index contributed by atoms with van der Waals surface area (Å²) in [6.45, 7) is 2.88. The number of aliphatic hydroxyl groups excluding tert-OH is 2. The lowest BCUT2D eigenvalue weighted by molar-refractivity contribution is -0.0428. The summed E-state index contributed by atoms with van der Waals surface area (Å²) in [5.41, 5.74) is 5.70. The van der Waals surface area contributed by atoms with E-state index >= 15 is 0 Å². The molecule has 0 bridgehead atoms. The second-order valence-electron chi connectivity index (χ2n) is 4.10. The maximum atomic E-state index is 9.81. The average molecular weight is 202 g/mol. The molecule has 0 spiro atoms. The zero-order chi connectivity index (χ0) is 10.1. The minimum atomic E-state index is -0.608. The van der Waals surface area contributed by atoms with E-state index < -0.39 is 12.2 Å². The fourth-order valence-electron chi connectivity index (χ4n) is 2.37. The molecule has 1 saturated heterocycles. The number of ether oxygens (including phenoxy) is 1. The molecule has 0 aromatic carbocycles. The number of morpholine rings is 1. The number of hydrogen-bond donors (Lipinski definition) is 3. The topological polar surface area (TPSA) is 79.0 Å². The highest BCUT2D eigenvalue weighted by atomic mass is 16.5. The molecule has 1 heterocycles. The van der Waals surface area contributed by atoms with Crippen molar-refractivity contribution >= 4 is 0 Å². The lowest BCUT2D eigenvalue weighted by atomic mass is 10.1. The van der Waals surface area contributed by atoms with E-state index in [4.69, 9.17) is 10.5 Å². The van der Waals surface area contributed by atoms with Gasteiger partial charge in [0.25, 0.3) is 0 Å². The molecule has 14 heavy (non-hydrogen) atoms. The summed E-state index contributed by atoms with van der Waals surface area (Å²) in [6.07, 6.45) is -0.621. The molecule has 1 aliphatic carbocycles. The Hall–Kier alpha value is -0.200. The zero-order valence-electron chi connectivity index (χ0n) is 8.17. The van der Waals surface area contributed by atoms with Crippen molar-refractivity contribution in [3.8, 4) is 0 Å². The van der Waals surface area contributed by atoms with Gasteiger partial charge in [0.05, 0.1) is 31.5 Å². The Kier molecular flexibility index (Phi) is 3.04. The normalized spacial score (nSPS) is 45.6. The molecule has 0 amide bonds. The van der Waals surface area contributed by atoms with Gasteiger partial charge in [-0.05, 0) is 6.42 Å². The first-order valence-corrected chi connectivity index (χ1v) is 5.13. The molecule has 0 unspecified atom stereocenters. The summed E-state index contributed by atoms with van der Waals surface area (Å²) in [6, 6.07) is -0.494. The third-order valence-electron chi connectivity index (χ3n) is 3.16. The first-order valence-electron chi connectivity index (χ1n) is 5.13. The van der Waals surface area contributed by atoms with Gasteiger partial charge in [0.1, 0.15) is 0 Å². The summed E-state index contributed by atoms with van der Waals surface area (Å²) in [5, 5.41) is 19.6. The van der Waals surface area contributed by atoms with Crippen LogP contribution in [-0.4, -0.2) is 65.7 Å². The molecule has 2 aliphatic rings. The molecule has 1 saturated carbocycles.